The molecule has 19 heavy (non-hydrogen) atoms. The number of hydrogen-bond acceptors (Lipinski definition) is 4. The minimum atomic E-state index is -3.58. The number of nitrogens with one attached hydrogen (secondary N) is 1. The van der Waals surface area contributed by atoms with E-state index in [-0.39, 0.29) is 0 Å². The van der Waals surface area contributed by atoms with Gasteiger partial charge in [-0.2, -0.15) is 0 Å². The summed E-state index contributed by atoms with van der Waals surface area (Å²) in [5.74, 6) is -4.50. The fourth-order valence-electron chi connectivity index (χ4n) is 1.74. The number of carbonyl (C=O) groups excluding carboxylic acids is 1. The molecule has 6 nitrogen and oxygen atoms in total. The molecule has 1 aliphatic heterocycles. The Hall–Kier alpha value is -2.32. The number of nitro benzene ring substituents is 1. The molecular weight excluding hydrogens is 269 g/mol. The van der Waals surface area contributed by atoms with Crippen LogP contribution in [-0.4, -0.2) is 23.5 Å². The van der Waals surface area contributed by atoms with Crippen molar-refractivity contribution in [2.45, 2.75) is 12.0 Å². The van der Waals surface area contributed by atoms with Crippen LogP contribution in [0.1, 0.15) is 11.6 Å². The van der Waals surface area contributed by atoms with Gasteiger partial charge in [-0.15, -0.1) is 0 Å². The number of nitro groups is 1. The second kappa shape index (κ2) is 4.41. The molecule has 1 heterocycles. The largest absolute Gasteiger partial charge is 0.443 e. The Morgan fingerprint density at radius 2 is 2.16 bits per heavy atom. The second-order valence-corrected chi connectivity index (χ2v) is 3.87. The molecular formula is C10H7F3N2O4. The minimum absolute atomic E-state index is 0.600. The van der Waals surface area contributed by atoms with Crippen molar-refractivity contribution in [2.75, 3.05) is 6.61 Å². The highest BCUT2D eigenvalue weighted by molar-refractivity contribution is 5.69. The van der Waals surface area contributed by atoms with E-state index in [4.69, 9.17) is 0 Å². The second-order valence-electron chi connectivity index (χ2n) is 3.87. The van der Waals surface area contributed by atoms with Crippen molar-refractivity contribution < 1.29 is 27.6 Å². The quantitative estimate of drug-likeness (QED) is 0.662. The third kappa shape index (κ3) is 2.44. The summed E-state index contributed by atoms with van der Waals surface area (Å²) in [5.41, 5.74) is -1.31. The van der Waals surface area contributed by atoms with E-state index >= 15 is 0 Å². The lowest BCUT2D eigenvalue weighted by Crippen LogP contribution is -2.49. The van der Waals surface area contributed by atoms with Gasteiger partial charge in [-0.1, -0.05) is 0 Å². The maximum absolute atomic E-state index is 13.6. The number of alkyl carbamates (subject to hydrolysis) is 1. The van der Waals surface area contributed by atoms with Gasteiger partial charge in [0, 0.05) is 6.07 Å². The zero-order valence-corrected chi connectivity index (χ0v) is 9.23. The van der Waals surface area contributed by atoms with Crippen LogP contribution in [0.4, 0.5) is 23.7 Å². The molecule has 0 radical (unpaired) electrons. The Labute approximate surface area is 104 Å². The molecule has 1 saturated heterocycles. The molecule has 1 aromatic rings. The van der Waals surface area contributed by atoms with Crippen LogP contribution >= 0.6 is 0 Å². The summed E-state index contributed by atoms with van der Waals surface area (Å²) < 4.78 is 44.5. The van der Waals surface area contributed by atoms with Crippen molar-refractivity contribution in [3.63, 3.8) is 0 Å². The maximum Gasteiger partial charge on any atom is 0.408 e. The molecule has 0 bridgehead atoms. The van der Waals surface area contributed by atoms with Gasteiger partial charge in [0.1, 0.15) is 11.9 Å². The molecule has 1 atom stereocenters. The summed E-state index contributed by atoms with van der Waals surface area (Å²) in [4.78, 5) is 20.8. The van der Waals surface area contributed by atoms with E-state index in [1.807, 2.05) is 0 Å². The summed E-state index contributed by atoms with van der Waals surface area (Å²) in [5, 5.41) is 12.5. The zero-order chi connectivity index (χ0) is 14.2. The highest BCUT2D eigenvalue weighted by Gasteiger charge is 2.49. The Morgan fingerprint density at radius 1 is 1.47 bits per heavy atom. The maximum atomic E-state index is 13.6. The third-order valence-corrected chi connectivity index (χ3v) is 2.58. The summed E-state index contributed by atoms with van der Waals surface area (Å²) in [6, 6.07) is 0.135. The number of ether oxygens (including phenoxy) is 1. The highest BCUT2D eigenvalue weighted by atomic mass is 19.3. The number of hydrogen-bond donors (Lipinski definition) is 1. The molecule has 9 heteroatoms. The summed E-state index contributed by atoms with van der Waals surface area (Å²) in [6.07, 6.45) is -1.14. The third-order valence-electron chi connectivity index (χ3n) is 2.58. The zero-order valence-electron chi connectivity index (χ0n) is 9.23. The van der Waals surface area contributed by atoms with Crippen LogP contribution < -0.4 is 5.32 Å². The number of benzene rings is 1. The number of nitrogens with zero attached hydrogens (tertiary/aromatic N) is 1. The van der Waals surface area contributed by atoms with Gasteiger partial charge in [-0.25, -0.2) is 18.0 Å². The number of halogens is 3. The van der Waals surface area contributed by atoms with Crippen LogP contribution in [0.15, 0.2) is 18.2 Å². The van der Waals surface area contributed by atoms with Gasteiger partial charge in [0.15, 0.2) is 6.61 Å². The predicted octanol–water partition coefficient (Wildman–Crippen LogP) is 2.15. The number of alkyl halides is 2. The van der Waals surface area contributed by atoms with E-state index < -0.39 is 46.7 Å². The van der Waals surface area contributed by atoms with Gasteiger partial charge >= 0.3 is 12.0 Å². The minimum Gasteiger partial charge on any atom is -0.443 e. The van der Waals surface area contributed by atoms with Crippen molar-refractivity contribution >= 4 is 11.8 Å². The summed E-state index contributed by atoms with van der Waals surface area (Å²) in [6.45, 7) is -1.23. The number of carbonyl (C=O) groups is 1. The summed E-state index contributed by atoms with van der Waals surface area (Å²) in [7, 11) is 0. The lowest BCUT2D eigenvalue weighted by Gasteiger charge is -2.31. The molecule has 1 aliphatic rings. The molecule has 0 aromatic heterocycles. The van der Waals surface area contributed by atoms with Crippen LogP contribution in [0, 0.1) is 15.9 Å². The Bertz CT molecular complexity index is 550. The normalized spacial score (nSPS) is 21.4. The fraction of sp³-hybridized carbons (Fsp3) is 0.300. The lowest BCUT2D eigenvalue weighted by molar-refractivity contribution is -0.386. The van der Waals surface area contributed by atoms with Gasteiger partial charge in [-0.3, -0.25) is 10.1 Å². The topological polar surface area (TPSA) is 81.5 Å². The van der Waals surface area contributed by atoms with Crippen molar-refractivity contribution in [3.05, 3.63) is 39.7 Å². The van der Waals surface area contributed by atoms with Crippen LogP contribution in [0.2, 0.25) is 0 Å². The first kappa shape index (κ1) is 13.1. The average Bonchev–Trinajstić information content (AvgIpc) is 2.32. The Balaban J connectivity index is 2.52. The number of amides is 1. The number of cyclic esters (lactones) is 1. The van der Waals surface area contributed by atoms with E-state index in [1.165, 1.54) is 0 Å². The molecule has 0 unspecified atom stereocenters. The van der Waals surface area contributed by atoms with Gasteiger partial charge in [0.25, 0.3) is 5.69 Å². The van der Waals surface area contributed by atoms with Crippen molar-refractivity contribution in [1.29, 1.82) is 0 Å². The van der Waals surface area contributed by atoms with Crippen LogP contribution in [0.25, 0.3) is 0 Å². The molecule has 0 saturated carbocycles. The smallest absolute Gasteiger partial charge is 0.408 e. The first-order valence-electron chi connectivity index (χ1n) is 5.06. The van der Waals surface area contributed by atoms with E-state index in [2.05, 4.69) is 4.74 Å². The molecule has 0 spiro atoms. The van der Waals surface area contributed by atoms with Crippen molar-refractivity contribution in [1.82, 2.24) is 5.32 Å². The van der Waals surface area contributed by atoms with Crippen LogP contribution in [-0.2, 0) is 4.74 Å². The first-order chi connectivity index (χ1) is 8.81. The predicted molar refractivity (Wildman–Crippen MR) is 55.2 cm³/mol. The standard InChI is InChI=1S/C10H7F3N2O4/c11-5-1-2-7(15(17)18)6(3-5)8-10(12,13)4-19-9(16)14-8/h1-3,8H,4H2,(H,14,16)/t8-/m1/s1. The molecule has 102 valence electrons. The van der Waals surface area contributed by atoms with E-state index in [0.29, 0.717) is 6.07 Å². The number of rotatable bonds is 2. The van der Waals surface area contributed by atoms with Crippen molar-refractivity contribution in [3.8, 4) is 0 Å². The van der Waals surface area contributed by atoms with Crippen molar-refractivity contribution in [2.24, 2.45) is 0 Å². The van der Waals surface area contributed by atoms with E-state index in [1.54, 1.807) is 5.32 Å². The van der Waals surface area contributed by atoms with Crippen LogP contribution in [0.5, 0.6) is 0 Å². The molecule has 1 fully saturated rings. The van der Waals surface area contributed by atoms with Gasteiger partial charge in [0.2, 0.25) is 0 Å². The Kier molecular flexibility index (Phi) is 3.05. The molecule has 0 aliphatic carbocycles. The average molecular weight is 276 g/mol. The lowest BCUT2D eigenvalue weighted by atomic mass is 9.98. The van der Waals surface area contributed by atoms with Gasteiger partial charge in [-0.05, 0) is 12.1 Å². The highest BCUT2D eigenvalue weighted by Crippen LogP contribution is 2.38. The monoisotopic (exact) mass is 276 g/mol. The molecule has 1 amide bonds. The Morgan fingerprint density at radius 3 is 2.79 bits per heavy atom. The van der Waals surface area contributed by atoms with Gasteiger partial charge in [0.05, 0.1) is 10.5 Å². The molecule has 2 rings (SSSR count). The molecule has 1 aromatic carbocycles. The SMILES string of the molecule is O=C1N[C@H](c2cc(F)ccc2[N+](=O)[O-])C(F)(F)CO1. The van der Waals surface area contributed by atoms with Crippen LogP contribution in [0.3, 0.4) is 0 Å². The summed E-state index contributed by atoms with van der Waals surface area (Å²) >= 11 is 0. The fourth-order valence-corrected chi connectivity index (χ4v) is 1.74. The van der Waals surface area contributed by atoms with E-state index in [9.17, 15) is 28.1 Å². The van der Waals surface area contributed by atoms with Gasteiger partial charge < -0.3 is 10.1 Å². The van der Waals surface area contributed by atoms with E-state index in [0.717, 1.165) is 12.1 Å². The molecule has 1 N–H and O–H groups in total. The first-order valence-corrected chi connectivity index (χ1v) is 5.06.